The van der Waals surface area contributed by atoms with Crippen molar-refractivity contribution in [3.63, 3.8) is 0 Å². The van der Waals surface area contributed by atoms with Crippen molar-refractivity contribution >= 4 is 77.1 Å². The van der Waals surface area contributed by atoms with E-state index in [1.807, 2.05) is 55.4 Å². The largest absolute Gasteiger partial charge is 0.481 e. The summed E-state index contributed by atoms with van der Waals surface area (Å²) in [6.45, 7) is 15.6. The van der Waals surface area contributed by atoms with Gasteiger partial charge in [-0.15, -0.1) is 12.3 Å². The van der Waals surface area contributed by atoms with Crippen LogP contribution in [0.4, 0.5) is 0 Å². The number of carbonyl (C=O) groups is 13. The molecule has 0 aromatic rings. The Morgan fingerprint density at radius 1 is 0.336 bits per heavy atom. The van der Waals surface area contributed by atoms with E-state index in [9.17, 15) is 72.5 Å². The van der Waals surface area contributed by atoms with Gasteiger partial charge in [0.05, 0.1) is 18.3 Å². The maximum Gasteiger partial charge on any atom is 0.328 e. The van der Waals surface area contributed by atoms with Crippen LogP contribution in [0.15, 0.2) is 0 Å². The van der Waals surface area contributed by atoms with Crippen molar-refractivity contribution in [3.8, 4) is 12.3 Å². The van der Waals surface area contributed by atoms with Gasteiger partial charge in [-0.3, -0.25) is 47.9 Å². The van der Waals surface area contributed by atoms with Gasteiger partial charge < -0.3 is 77.2 Å². The summed E-state index contributed by atoms with van der Waals surface area (Å²) in [6.07, 6.45) is 33.4. The van der Waals surface area contributed by atoms with E-state index in [0.717, 1.165) is 141 Å². The molecular formula is C82H144N8O20. The molecule has 0 saturated carbocycles. The minimum Gasteiger partial charge on any atom is -0.481 e. The van der Waals surface area contributed by atoms with E-state index in [1.165, 1.54) is 7.11 Å². The van der Waals surface area contributed by atoms with E-state index in [4.69, 9.17) is 30.8 Å². The zero-order chi connectivity index (χ0) is 82.7. The van der Waals surface area contributed by atoms with Crippen molar-refractivity contribution in [2.75, 3.05) is 33.4 Å². The van der Waals surface area contributed by atoms with Crippen LogP contribution in [-0.2, 0) is 76.5 Å². The molecule has 0 heterocycles. The van der Waals surface area contributed by atoms with E-state index in [-0.39, 0.29) is 133 Å². The average molecular weight is 1560 g/mol. The van der Waals surface area contributed by atoms with Crippen LogP contribution in [0.1, 0.15) is 351 Å². The van der Waals surface area contributed by atoms with Crippen LogP contribution in [0.5, 0.6) is 0 Å². The van der Waals surface area contributed by atoms with E-state index in [0.29, 0.717) is 70.8 Å². The van der Waals surface area contributed by atoms with Gasteiger partial charge in [0.2, 0.25) is 47.3 Å². The topological polar surface area (TPSA) is 427 Å². The molecule has 0 rings (SSSR count). The van der Waals surface area contributed by atoms with Crippen molar-refractivity contribution < 1.29 is 97.0 Å². The van der Waals surface area contributed by atoms with E-state index < -0.39 is 99.9 Å². The standard InChI is InChI=1S/C82H144N8O20/c1-11-12-43-72(97)89-79(2,3)56-60-109-81(6,7)54-52-70(95)85-62(41-37-39-58-83-66(91)50-48-63(76(103)104)86-68(93)44-33-29-25-21-17-13-15-19-23-27-31-35-46-73(98)99)75(102)90-80(4,5)57-61-110-82(8,9)55-53-71(96)88-65(78(107)108-10)42-38-40-59-84-67(92)51-49-64(77(105)106)87-69(94)45-34-30-26-22-18-14-16-20-24-28-32-36-47-74(100)101/h1,62-65H,12-61H2,2-10H3,(H,83,91)(H,84,92)(H,85,95)(H,86,93)(H,87,94)(H,88,96)(H,89,97)(H,90,102)(H,98,99)(H,100,101)(H,103,104)(H,105,106)/t62-,63?,64?,65-/m0/s1. The Morgan fingerprint density at radius 2 is 0.655 bits per heavy atom. The third-order valence-corrected chi connectivity index (χ3v) is 19.4. The molecule has 4 atom stereocenters. The second kappa shape index (κ2) is 61.2. The molecule has 0 saturated heterocycles. The summed E-state index contributed by atoms with van der Waals surface area (Å²) in [5.74, 6) is -5.12. The van der Waals surface area contributed by atoms with Crippen LogP contribution in [0, 0.1) is 12.3 Å². The number of rotatable bonds is 72. The first-order valence-corrected chi connectivity index (χ1v) is 41.0. The molecule has 28 nitrogen and oxygen atoms in total. The predicted molar refractivity (Wildman–Crippen MR) is 422 cm³/mol. The fourth-order valence-electron chi connectivity index (χ4n) is 12.3. The minimum absolute atomic E-state index is 0.00442. The number of hydrogen-bond donors (Lipinski definition) is 12. The number of aliphatic carboxylic acids is 4. The summed E-state index contributed by atoms with van der Waals surface area (Å²) in [7, 11) is 1.21. The second-order valence-electron chi connectivity index (χ2n) is 31.9. The van der Waals surface area contributed by atoms with Crippen molar-refractivity contribution in [2.45, 2.75) is 397 Å². The van der Waals surface area contributed by atoms with Crippen LogP contribution >= 0.6 is 0 Å². The lowest BCUT2D eigenvalue weighted by Gasteiger charge is -2.32. The Kier molecular flexibility index (Phi) is 57.1. The number of carbonyl (C=O) groups excluding carboxylic acids is 9. The molecule has 0 aliphatic carbocycles. The highest BCUT2D eigenvalue weighted by Gasteiger charge is 2.32. The highest BCUT2D eigenvalue weighted by atomic mass is 16.5. The Labute approximate surface area is 656 Å². The summed E-state index contributed by atoms with van der Waals surface area (Å²) in [4.78, 5) is 162. The Hall–Kier alpha value is -7.41. The molecule has 0 radical (unpaired) electrons. The zero-order valence-corrected chi connectivity index (χ0v) is 68.6. The fourth-order valence-corrected chi connectivity index (χ4v) is 12.3. The smallest absolute Gasteiger partial charge is 0.328 e. The summed E-state index contributed by atoms with van der Waals surface area (Å²) in [6, 6.07) is -4.40. The Balaban J connectivity index is 5.31. The number of carboxylic acid groups (broad SMARTS) is 4. The van der Waals surface area contributed by atoms with Gasteiger partial charge in [-0.1, -0.05) is 128 Å². The molecule has 0 spiro atoms. The highest BCUT2D eigenvalue weighted by Crippen LogP contribution is 2.23. The predicted octanol–water partition coefficient (Wildman–Crippen LogP) is 11.6. The average Bonchev–Trinajstić information content (AvgIpc) is 0.884. The number of methoxy groups -OCH3 is 1. The number of terminal acetylenes is 1. The molecule has 0 fully saturated rings. The molecule has 12 N–H and O–H groups in total. The van der Waals surface area contributed by atoms with Gasteiger partial charge in [0, 0.05) is 102 Å². The number of esters is 1. The summed E-state index contributed by atoms with van der Waals surface area (Å²) in [5, 5.41) is 59.4. The van der Waals surface area contributed by atoms with Gasteiger partial charge >= 0.3 is 29.8 Å². The van der Waals surface area contributed by atoms with Crippen molar-refractivity contribution in [2.24, 2.45) is 0 Å². The Bertz CT molecular complexity index is 2750. The third kappa shape index (κ3) is 60.3. The summed E-state index contributed by atoms with van der Waals surface area (Å²) >= 11 is 0. The van der Waals surface area contributed by atoms with Crippen LogP contribution in [0.3, 0.4) is 0 Å². The molecule has 0 aliphatic heterocycles. The lowest BCUT2D eigenvalue weighted by Crippen LogP contribution is -2.53. The lowest BCUT2D eigenvalue weighted by molar-refractivity contribution is -0.145. The quantitative estimate of drug-likeness (QED) is 0.0153. The molecule has 0 aromatic heterocycles. The first-order valence-electron chi connectivity index (χ1n) is 41.0. The number of carboxylic acids is 4. The molecule has 0 bridgehead atoms. The molecule has 0 aromatic carbocycles. The SMILES string of the molecule is C#CCCC(=O)NC(C)(C)CCOC(C)(C)CCC(=O)N[C@@H](CCCCNC(=O)CCC(NC(=O)CCCCCCCCCCCCCCC(=O)O)C(=O)O)C(=O)NC(C)(C)CCOC(C)(C)CCC(=O)N[C@@H](CCCCNC(=O)CCC(NC(=O)CCCCCCCCCCCCCCC(=O)O)C(=O)O)C(=O)OC. The molecule has 8 amide bonds. The summed E-state index contributed by atoms with van der Waals surface area (Å²) < 4.78 is 17.4. The zero-order valence-electron chi connectivity index (χ0n) is 68.6. The van der Waals surface area contributed by atoms with Crippen LogP contribution in [-0.4, -0.2) is 177 Å². The fraction of sp³-hybridized carbons (Fsp3) is 0.817. The van der Waals surface area contributed by atoms with Crippen LogP contribution in [0.25, 0.3) is 0 Å². The number of amides is 8. The second-order valence-corrected chi connectivity index (χ2v) is 31.9. The maximum absolute atomic E-state index is 14.2. The molecule has 632 valence electrons. The third-order valence-electron chi connectivity index (χ3n) is 19.4. The number of nitrogens with one attached hydrogen (secondary N) is 8. The van der Waals surface area contributed by atoms with Crippen LogP contribution < -0.4 is 42.5 Å². The van der Waals surface area contributed by atoms with Crippen molar-refractivity contribution in [1.29, 1.82) is 0 Å². The van der Waals surface area contributed by atoms with Gasteiger partial charge in [-0.2, -0.15) is 0 Å². The van der Waals surface area contributed by atoms with Crippen molar-refractivity contribution in [1.82, 2.24) is 42.5 Å². The van der Waals surface area contributed by atoms with E-state index in [1.54, 1.807) is 0 Å². The Morgan fingerprint density at radius 3 is 1.00 bits per heavy atom. The molecule has 28 heteroatoms. The molecular weight excluding hydrogens is 1420 g/mol. The van der Waals surface area contributed by atoms with Crippen LogP contribution in [0.2, 0.25) is 0 Å². The lowest BCUT2D eigenvalue weighted by atomic mass is 9.98. The number of ether oxygens (including phenoxy) is 3. The minimum atomic E-state index is -1.24. The molecule has 2 unspecified atom stereocenters. The monoisotopic (exact) mass is 1560 g/mol. The molecule has 0 aliphatic rings. The first kappa shape index (κ1) is 103. The number of unbranched alkanes of at least 4 members (excludes halogenated alkanes) is 24. The first-order chi connectivity index (χ1) is 52.0. The summed E-state index contributed by atoms with van der Waals surface area (Å²) in [5.41, 5.74) is -3.00. The van der Waals surface area contributed by atoms with Gasteiger partial charge in [0.25, 0.3) is 0 Å². The highest BCUT2D eigenvalue weighted by molar-refractivity contribution is 5.88. The van der Waals surface area contributed by atoms with Gasteiger partial charge in [0.1, 0.15) is 24.2 Å². The number of hydrogen-bond acceptors (Lipinski definition) is 16. The molecule has 110 heavy (non-hydrogen) atoms. The maximum atomic E-state index is 14.2. The van der Waals surface area contributed by atoms with Gasteiger partial charge in [0.15, 0.2) is 0 Å². The normalized spacial score (nSPS) is 12.8. The van der Waals surface area contributed by atoms with E-state index >= 15 is 0 Å². The van der Waals surface area contributed by atoms with Gasteiger partial charge in [-0.25, -0.2) is 14.4 Å². The van der Waals surface area contributed by atoms with Crippen molar-refractivity contribution in [3.05, 3.63) is 0 Å². The van der Waals surface area contributed by atoms with Gasteiger partial charge in [-0.05, 0) is 158 Å². The van der Waals surface area contributed by atoms with E-state index in [2.05, 4.69) is 48.5 Å².